The molecule has 28 heavy (non-hydrogen) atoms. The molecule has 1 aromatic heterocycles. The van der Waals surface area contributed by atoms with E-state index in [1.807, 2.05) is 25.1 Å². The third-order valence-electron chi connectivity index (χ3n) is 5.03. The fraction of sp³-hybridized carbons (Fsp3) is 0.333. The van der Waals surface area contributed by atoms with E-state index in [4.69, 9.17) is 0 Å². The van der Waals surface area contributed by atoms with Crippen LogP contribution in [-0.4, -0.2) is 14.8 Å². The van der Waals surface area contributed by atoms with Crippen LogP contribution in [0.4, 0.5) is 13.2 Å². The van der Waals surface area contributed by atoms with E-state index in [2.05, 4.69) is 26.9 Å². The summed E-state index contributed by atoms with van der Waals surface area (Å²) in [5.74, 6) is 2.23. The summed E-state index contributed by atoms with van der Waals surface area (Å²) in [6.45, 7) is 2.78. The first-order valence-electron chi connectivity index (χ1n) is 9.24. The van der Waals surface area contributed by atoms with E-state index < -0.39 is 11.7 Å². The van der Waals surface area contributed by atoms with E-state index in [0.717, 1.165) is 30.0 Å². The topological polar surface area (TPSA) is 30.7 Å². The lowest BCUT2D eigenvalue weighted by molar-refractivity contribution is -0.137. The predicted octanol–water partition coefficient (Wildman–Crippen LogP) is 5.88. The van der Waals surface area contributed by atoms with E-state index in [1.54, 1.807) is 6.07 Å². The van der Waals surface area contributed by atoms with Crippen LogP contribution in [-0.2, 0) is 18.5 Å². The van der Waals surface area contributed by atoms with Gasteiger partial charge in [-0.05, 0) is 36.5 Å². The van der Waals surface area contributed by atoms with Crippen LogP contribution < -0.4 is 0 Å². The number of aromatic nitrogens is 3. The van der Waals surface area contributed by atoms with Crippen molar-refractivity contribution in [3.63, 3.8) is 0 Å². The number of alkyl halides is 3. The highest BCUT2D eigenvalue weighted by atomic mass is 32.2. The van der Waals surface area contributed by atoms with Gasteiger partial charge in [-0.3, -0.25) is 0 Å². The summed E-state index contributed by atoms with van der Waals surface area (Å²) in [4.78, 5) is 0. The van der Waals surface area contributed by atoms with Crippen LogP contribution in [0.15, 0.2) is 59.8 Å². The predicted molar refractivity (Wildman–Crippen MR) is 103 cm³/mol. The van der Waals surface area contributed by atoms with Crippen molar-refractivity contribution in [2.24, 2.45) is 0 Å². The van der Waals surface area contributed by atoms with E-state index in [1.165, 1.54) is 29.5 Å². The molecule has 1 fully saturated rings. The molecule has 2 unspecified atom stereocenters. The molecule has 4 rings (SSSR count). The van der Waals surface area contributed by atoms with Gasteiger partial charge in [0.1, 0.15) is 5.82 Å². The van der Waals surface area contributed by atoms with Gasteiger partial charge in [0.05, 0.1) is 5.56 Å². The van der Waals surface area contributed by atoms with Gasteiger partial charge in [-0.25, -0.2) is 0 Å². The molecule has 0 bridgehead atoms. The SMILES string of the molecule is CCn1c(SCc2cccc(C(F)(F)F)c2)nnc1C1CC1c1ccccc1. The largest absolute Gasteiger partial charge is 0.416 e. The summed E-state index contributed by atoms with van der Waals surface area (Å²) in [6.07, 6.45) is -3.27. The number of nitrogens with zero attached hydrogens (tertiary/aromatic N) is 3. The maximum atomic E-state index is 12.9. The van der Waals surface area contributed by atoms with Crippen LogP contribution >= 0.6 is 11.8 Å². The summed E-state index contributed by atoms with van der Waals surface area (Å²) in [5, 5.41) is 9.48. The minimum absolute atomic E-state index is 0.359. The lowest BCUT2D eigenvalue weighted by Gasteiger charge is -2.09. The molecule has 0 spiro atoms. The highest BCUT2D eigenvalue weighted by molar-refractivity contribution is 7.98. The van der Waals surface area contributed by atoms with Gasteiger partial charge in [0.2, 0.25) is 0 Å². The summed E-state index contributed by atoms with van der Waals surface area (Å²) in [5.41, 5.74) is 1.32. The van der Waals surface area contributed by atoms with Crippen molar-refractivity contribution in [3.8, 4) is 0 Å². The van der Waals surface area contributed by atoms with Gasteiger partial charge >= 0.3 is 6.18 Å². The van der Waals surface area contributed by atoms with Crippen molar-refractivity contribution >= 4 is 11.8 Å². The molecule has 7 heteroatoms. The zero-order valence-corrected chi connectivity index (χ0v) is 16.2. The Morgan fingerprint density at radius 2 is 1.82 bits per heavy atom. The molecule has 2 atom stereocenters. The second kappa shape index (κ2) is 7.62. The lowest BCUT2D eigenvalue weighted by atomic mass is 10.1. The molecule has 0 saturated heterocycles. The van der Waals surface area contributed by atoms with Crippen molar-refractivity contribution in [3.05, 3.63) is 77.1 Å². The molecule has 0 aliphatic heterocycles. The third-order valence-corrected chi connectivity index (χ3v) is 6.07. The maximum Gasteiger partial charge on any atom is 0.416 e. The Kier molecular flexibility index (Phi) is 5.19. The van der Waals surface area contributed by atoms with Gasteiger partial charge < -0.3 is 4.57 Å². The summed E-state index contributed by atoms with van der Waals surface area (Å²) in [7, 11) is 0. The smallest absolute Gasteiger partial charge is 0.306 e. The molecular formula is C21H20F3N3S. The van der Waals surface area contributed by atoms with Gasteiger partial charge in [-0.1, -0.05) is 60.3 Å². The van der Waals surface area contributed by atoms with Crippen molar-refractivity contribution in [2.75, 3.05) is 0 Å². The van der Waals surface area contributed by atoms with Gasteiger partial charge in [0.25, 0.3) is 0 Å². The molecule has 1 aliphatic carbocycles. The molecule has 1 saturated carbocycles. The first kappa shape index (κ1) is 19.1. The van der Waals surface area contributed by atoms with E-state index in [-0.39, 0.29) is 0 Å². The summed E-state index contributed by atoms with van der Waals surface area (Å²) < 4.78 is 40.8. The van der Waals surface area contributed by atoms with Crippen molar-refractivity contribution < 1.29 is 13.2 Å². The zero-order valence-electron chi connectivity index (χ0n) is 15.4. The minimum Gasteiger partial charge on any atom is -0.306 e. The average molecular weight is 403 g/mol. The second-order valence-electron chi connectivity index (χ2n) is 6.93. The number of rotatable bonds is 6. The first-order chi connectivity index (χ1) is 13.5. The fourth-order valence-electron chi connectivity index (χ4n) is 3.51. The van der Waals surface area contributed by atoms with Crippen LogP contribution in [0, 0.1) is 0 Å². The lowest BCUT2D eigenvalue weighted by Crippen LogP contribution is -2.05. The number of halogens is 3. The van der Waals surface area contributed by atoms with Gasteiger partial charge in [0.15, 0.2) is 5.16 Å². The van der Waals surface area contributed by atoms with E-state index in [9.17, 15) is 13.2 Å². The Bertz CT molecular complexity index is 953. The molecule has 3 nitrogen and oxygen atoms in total. The number of benzene rings is 2. The number of hydrogen-bond donors (Lipinski definition) is 0. The van der Waals surface area contributed by atoms with Gasteiger partial charge in [-0.15, -0.1) is 10.2 Å². The Labute approximate surface area is 166 Å². The highest BCUT2D eigenvalue weighted by Gasteiger charge is 2.43. The second-order valence-corrected chi connectivity index (χ2v) is 7.87. The summed E-state index contributed by atoms with van der Waals surface area (Å²) >= 11 is 1.43. The fourth-order valence-corrected chi connectivity index (χ4v) is 4.46. The molecule has 3 aromatic rings. The van der Waals surface area contributed by atoms with Crippen LogP contribution in [0.25, 0.3) is 0 Å². The van der Waals surface area contributed by atoms with Gasteiger partial charge in [-0.2, -0.15) is 13.2 Å². The Morgan fingerprint density at radius 3 is 2.54 bits per heavy atom. The first-order valence-corrected chi connectivity index (χ1v) is 10.2. The minimum atomic E-state index is -4.32. The van der Waals surface area contributed by atoms with Crippen LogP contribution in [0.2, 0.25) is 0 Å². The highest BCUT2D eigenvalue weighted by Crippen LogP contribution is 2.54. The van der Waals surface area contributed by atoms with Crippen molar-refractivity contribution in [1.29, 1.82) is 0 Å². The van der Waals surface area contributed by atoms with Crippen molar-refractivity contribution in [2.45, 2.75) is 48.8 Å². The average Bonchev–Trinajstić information content (AvgIpc) is 3.39. The third kappa shape index (κ3) is 3.94. The quantitative estimate of drug-likeness (QED) is 0.482. The molecule has 146 valence electrons. The van der Waals surface area contributed by atoms with Crippen LogP contribution in [0.3, 0.4) is 0 Å². The van der Waals surface area contributed by atoms with Crippen LogP contribution in [0.5, 0.6) is 0 Å². The molecule has 1 aliphatic rings. The molecule has 0 amide bonds. The maximum absolute atomic E-state index is 12.9. The Balaban J connectivity index is 1.47. The van der Waals surface area contributed by atoms with Crippen LogP contribution in [0.1, 0.15) is 47.7 Å². The Morgan fingerprint density at radius 1 is 1.04 bits per heavy atom. The number of hydrogen-bond acceptors (Lipinski definition) is 3. The molecule has 1 heterocycles. The standard InChI is InChI=1S/C21H20F3N3S/c1-2-27-19(18-12-17(18)15-8-4-3-5-9-15)25-26-20(27)28-13-14-7-6-10-16(11-14)21(22,23)24/h3-11,17-18H,2,12-13H2,1H3. The van der Waals surface area contributed by atoms with Crippen molar-refractivity contribution in [1.82, 2.24) is 14.8 Å². The molecular weight excluding hydrogens is 383 g/mol. The van der Waals surface area contributed by atoms with Gasteiger partial charge in [0, 0.05) is 18.2 Å². The number of thioether (sulfide) groups is 1. The monoisotopic (exact) mass is 403 g/mol. The molecule has 0 N–H and O–H groups in total. The zero-order chi connectivity index (χ0) is 19.7. The van der Waals surface area contributed by atoms with E-state index in [0.29, 0.717) is 23.2 Å². The normalized spacial score (nSPS) is 19.0. The Hall–Kier alpha value is -2.28. The molecule has 2 aromatic carbocycles. The molecule has 0 radical (unpaired) electrons. The van der Waals surface area contributed by atoms with E-state index >= 15 is 0 Å². The summed E-state index contributed by atoms with van der Waals surface area (Å²) in [6, 6.07) is 15.8.